The van der Waals surface area contributed by atoms with Gasteiger partial charge < -0.3 is 9.80 Å². The molecule has 6 rings (SSSR count). The Morgan fingerprint density at radius 3 is 2.74 bits per heavy atom. The molecule has 0 radical (unpaired) electrons. The van der Waals surface area contributed by atoms with Crippen molar-refractivity contribution < 1.29 is 0 Å². The Hall–Kier alpha value is -2.77. The maximum atomic E-state index is 5.19. The minimum Gasteiger partial charge on any atom is -0.355 e. The molecule has 1 atom stereocenters. The molecule has 0 aromatic carbocycles. The van der Waals surface area contributed by atoms with Gasteiger partial charge in [0.2, 0.25) is 0 Å². The number of fused-ring (bicyclic) bond motifs is 2. The van der Waals surface area contributed by atoms with Gasteiger partial charge in [0.25, 0.3) is 0 Å². The molecule has 3 aliphatic rings. The first kappa shape index (κ1) is 22.7. The van der Waals surface area contributed by atoms with Gasteiger partial charge in [0.05, 0.1) is 23.1 Å². The van der Waals surface area contributed by atoms with E-state index in [9.17, 15) is 0 Å². The van der Waals surface area contributed by atoms with Crippen molar-refractivity contribution in [2.45, 2.75) is 44.7 Å². The van der Waals surface area contributed by atoms with Crippen LogP contribution in [0.3, 0.4) is 0 Å². The standard InChI is InChI=1S/C28H37N7/c1-29-18-25-23(31-26-9-4-10-27(35(25)26)33-16-14-32(2)15-17-33)20-34(19-21-11-12-21)24-8-3-6-22-7-5-13-30-28(22)24/h4-5,7,9-10,13,18,21,24H,3,6,8,11-12,14-17,19-20H2,1-2H3/t24-/m0/s1. The van der Waals surface area contributed by atoms with E-state index in [0.29, 0.717) is 6.04 Å². The quantitative estimate of drug-likeness (QED) is 0.491. The summed E-state index contributed by atoms with van der Waals surface area (Å²) in [7, 11) is 4.07. The fourth-order valence-corrected chi connectivity index (χ4v) is 5.87. The summed E-state index contributed by atoms with van der Waals surface area (Å²) < 4.78 is 2.33. The number of hydrogen-bond acceptors (Lipinski definition) is 6. The first-order valence-electron chi connectivity index (χ1n) is 13.2. The molecular weight excluding hydrogens is 434 g/mol. The average molecular weight is 472 g/mol. The van der Waals surface area contributed by atoms with Crippen LogP contribution in [0.15, 0.2) is 41.5 Å². The molecule has 1 saturated carbocycles. The Bertz CT molecular complexity index is 1200. The highest BCUT2D eigenvalue weighted by Crippen LogP contribution is 2.38. The maximum Gasteiger partial charge on any atom is 0.139 e. The number of aromatic nitrogens is 3. The molecule has 0 amide bonds. The van der Waals surface area contributed by atoms with Crippen molar-refractivity contribution in [3.63, 3.8) is 0 Å². The highest BCUT2D eigenvalue weighted by Gasteiger charge is 2.33. The lowest BCUT2D eigenvalue weighted by molar-refractivity contribution is 0.157. The molecule has 4 heterocycles. The van der Waals surface area contributed by atoms with Crippen LogP contribution in [0.25, 0.3) is 5.65 Å². The molecule has 0 spiro atoms. The van der Waals surface area contributed by atoms with Crippen molar-refractivity contribution >= 4 is 17.7 Å². The van der Waals surface area contributed by atoms with Gasteiger partial charge in [-0.15, -0.1) is 0 Å². The molecule has 2 fully saturated rings. The number of pyridine rings is 2. The number of rotatable bonds is 7. The van der Waals surface area contributed by atoms with Gasteiger partial charge in [0.1, 0.15) is 11.5 Å². The van der Waals surface area contributed by atoms with Gasteiger partial charge in [-0.3, -0.25) is 19.3 Å². The third kappa shape index (κ3) is 4.59. The summed E-state index contributed by atoms with van der Waals surface area (Å²) in [6, 6.07) is 11.2. The monoisotopic (exact) mass is 471 g/mol. The summed E-state index contributed by atoms with van der Waals surface area (Å²) in [5, 5.41) is 0. The van der Waals surface area contributed by atoms with Crippen LogP contribution in [0.1, 0.15) is 54.4 Å². The Morgan fingerprint density at radius 1 is 1.09 bits per heavy atom. The van der Waals surface area contributed by atoms with Gasteiger partial charge in [-0.25, -0.2) is 4.98 Å². The SMILES string of the molecule is CN=Cc1c(CN(CC2CC2)[C@H]2CCCc3cccnc32)nc2cccc(N3CCN(C)CC3)n12. The van der Waals surface area contributed by atoms with E-state index in [1.165, 1.54) is 42.8 Å². The fourth-order valence-electron chi connectivity index (χ4n) is 5.87. The van der Waals surface area contributed by atoms with Crippen LogP contribution >= 0.6 is 0 Å². The molecule has 184 valence electrons. The van der Waals surface area contributed by atoms with Crippen molar-refractivity contribution in [2.75, 3.05) is 51.7 Å². The van der Waals surface area contributed by atoms with Gasteiger partial charge >= 0.3 is 0 Å². The topological polar surface area (TPSA) is 52.3 Å². The Balaban J connectivity index is 1.38. The van der Waals surface area contributed by atoms with Gasteiger partial charge in [-0.05, 0) is 68.8 Å². The number of nitrogens with zero attached hydrogens (tertiary/aromatic N) is 7. The summed E-state index contributed by atoms with van der Waals surface area (Å²) in [5.74, 6) is 2.04. The maximum absolute atomic E-state index is 5.19. The van der Waals surface area contributed by atoms with Crippen molar-refractivity contribution in [3.8, 4) is 0 Å². The lowest BCUT2D eigenvalue weighted by Crippen LogP contribution is -2.45. The highest BCUT2D eigenvalue weighted by atomic mass is 15.3. The summed E-state index contributed by atoms with van der Waals surface area (Å²) in [4.78, 5) is 22.1. The molecule has 7 heteroatoms. The zero-order chi connectivity index (χ0) is 23.8. The minimum absolute atomic E-state index is 0.369. The molecule has 0 bridgehead atoms. The molecule has 3 aromatic heterocycles. The molecule has 35 heavy (non-hydrogen) atoms. The summed E-state index contributed by atoms with van der Waals surface area (Å²) in [6.07, 6.45) is 10.2. The van der Waals surface area contributed by atoms with Gasteiger partial charge in [0, 0.05) is 58.7 Å². The number of likely N-dealkylation sites (N-methyl/N-ethyl adjacent to an activating group) is 1. The summed E-state index contributed by atoms with van der Waals surface area (Å²) in [6.45, 7) is 6.19. The summed E-state index contributed by atoms with van der Waals surface area (Å²) in [5.41, 5.74) is 5.97. The van der Waals surface area contributed by atoms with E-state index in [1.54, 1.807) is 0 Å². The van der Waals surface area contributed by atoms with Crippen LogP contribution in [0.5, 0.6) is 0 Å². The van der Waals surface area contributed by atoms with Crippen LogP contribution in [-0.4, -0.2) is 77.2 Å². The van der Waals surface area contributed by atoms with Crippen LogP contribution in [0.2, 0.25) is 0 Å². The first-order valence-corrected chi connectivity index (χ1v) is 13.2. The number of imidazole rings is 1. The lowest BCUT2D eigenvalue weighted by atomic mass is 9.90. The van der Waals surface area contributed by atoms with Crippen LogP contribution in [0, 0.1) is 5.92 Å². The van der Waals surface area contributed by atoms with E-state index < -0.39 is 0 Å². The van der Waals surface area contributed by atoms with Gasteiger partial charge in [-0.2, -0.15) is 0 Å². The number of aryl methyl sites for hydroxylation is 1. The second-order valence-corrected chi connectivity index (χ2v) is 10.5. The molecule has 2 aliphatic carbocycles. The summed E-state index contributed by atoms with van der Waals surface area (Å²) >= 11 is 0. The third-order valence-electron chi connectivity index (χ3n) is 7.96. The van der Waals surface area contributed by atoms with Crippen molar-refractivity contribution in [2.24, 2.45) is 10.9 Å². The third-order valence-corrected chi connectivity index (χ3v) is 7.96. The first-order chi connectivity index (χ1) is 17.2. The zero-order valence-electron chi connectivity index (χ0n) is 21.1. The van der Waals surface area contributed by atoms with E-state index in [0.717, 1.165) is 68.6 Å². The van der Waals surface area contributed by atoms with E-state index in [4.69, 9.17) is 9.97 Å². The molecule has 3 aromatic rings. The molecule has 1 saturated heterocycles. The smallest absolute Gasteiger partial charge is 0.139 e. The highest BCUT2D eigenvalue weighted by molar-refractivity contribution is 5.82. The second kappa shape index (κ2) is 9.70. The minimum atomic E-state index is 0.369. The Morgan fingerprint density at radius 2 is 1.94 bits per heavy atom. The number of hydrogen-bond donors (Lipinski definition) is 0. The molecule has 7 nitrogen and oxygen atoms in total. The Labute approximate surface area is 208 Å². The van der Waals surface area contributed by atoms with E-state index in [1.807, 2.05) is 19.5 Å². The fraction of sp³-hybridized carbons (Fsp3) is 0.536. The van der Waals surface area contributed by atoms with E-state index in [-0.39, 0.29) is 0 Å². The van der Waals surface area contributed by atoms with Crippen molar-refractivity contribution in [1.82, 2.24) is 24.2 Å². The Kier molecular flexibility index (Phi) is 6.29. The molecule has 1 aliphatic heterocycles. The van der Waals surface area contributed by atoms with Crippen molar-refractivity contribution in [1.29, 1.82) is 0 Å². The van der Waals surface area contributed by atoms with E-state index >= 15 is 0 Å². The van der Waals surface area contributed by atoms with Crippen LogP contribution in [0.4, 0.5) is 5.82 Å². The normalized spacial score (nSPS) is 21.3. The van der Waals surface area contributed by atoms with Gasteiger partial charge in [-0.1, -0.05) is 12.1 Å². The molecular formula is C28H37N7. The second-order valence-electron chi connectivity index (χ2n) is 10.5. The number of aliphatic imine (C=N–C) groups is 1. The number of piperazine rings is 1. The largest absolute Gasteiger partial charge is 0.355 e. The van der Waals surface area contributed by atoms with Gasteiger partial charge in [0.15, 0.2) is 0 Å². The predicted octanol–water partition coefficient (Wildman–Crippen LogP) is 3.82. The lowest BCUT2D eigenvalue weighted by Gasteiger charge is -2.35. The van der Waals surface area contributed by atoms with Crippen LogP contribution < -0.4 is 4.90 Å². The van der Waals surface area contributed by atoms with E-state index in [2.05, 4.69) is 61.5 Å². The van der Waals surface area contributed by atoms with Crippen molar-refractivity contribution in [3.05, 3.63) is 59.2 Å². The molecule has 0 N–H and O–H groups in total. The predicted molar refractivity (Wildman–Crippen MR) is 141 cm³/mol. The number of anilines is 1. The van der Waals surface area contributed by atoms with Crippen LogP contribution in [-0.2, 0) is 13.0 Å². The molecule has 0 unspecified atom stereocenters. The average Bonchev–Trinajstić information content (AvgIpc) is 3.64. The zero-order valence-corrected chi connectivity index (χ0v) is 21.1.